The second-order valence-electron chi connectivity index (χ2n) is 5.42. The number of halogens is 1. The first-order chi connectivity index (χ1) is 9.72. The Hall–Kier alpha value is -1.84. The third-order valence-corrected chi connectivity index (χ3v) is 4.24. The van der Waals surface area contributed by atoms with Crippen molar-refractivity contribution in [2.24, 2.45) is 0 Å². The molecule has 2 aromatic rings. The van der Waals surface area contributed by atoms with Crippen molar-refractivity contribution in [1.82, 2.24) is 4.98 Å². The van der Waals surface area contributed by atoms with Crippen molar-refractivity contribution in [2.75, 3.05) is 17.2 Å². The number of aromatic nitrogens is 1. The van der Waals surface area contributed by atoms with Crippen molar-refractivity contribution in [3.63, 3.8) is 0 Å². The van der Waals surface area contributed by atoms with Gasteiger partial charge in [0.1, 0.15) is 5.69 Å². The largest absolute Gasteiger partial charge is 0.398 e. The number of nitrogens with zero attached hydrogens (tertiary/aromatic N) is 2. The first-order valence-electron chi connectivity index (χ1n) is 7.31. The van der Waals surface area contributed by atoms with Gasteiger partial charge in [0.2, 0.25) is 0 Å². The van der Waals surface area contributed by atoms with Crippen LogP contribution in [0.25, 0.3) is 10.9 Å². The normalized spacial score (nSPS) is 15.9. The molecule has 2 N–H and O–H groups in total. The summed E-state index contributed by atoms with van der Waals surface area (Å²) in [6, 6.07) is 5.59. The summed E-state index contributed by atoms with van der Waals surface area (Å²) in [5.74, 6) is -0.262. The van der Waals surface area contributed by atoms with E-state index < -0.39 is 0 Å². The van der Waals surface area contributed by atoms with Crippen LogP contribution in [0.5, 0.6) is 0 Å². The summed E-state index contributed by atoms with van der Waals surface area (Å²) < 4.78 is 14.5. The molecule has 1 aliphatic carbocycles. The quantitative estimate of drug-likeness (QED) is 0.866. The molecule has 20 heavy (non-hydrogen) atoms. The van der Waals surface area contributed by atoms with Gasteiger partial charge >= 0.3 is 0 Å². The highest BCUT2D eigenvalue weighted by atomic mass is 19.1. The van der Waals surface area contributed by atoms with Gasteiger partial charge in [-0.25, -0.2) is 4.39 Å². The van der Waals surface area contributed by atoms with Crippen LogP contribution in [0.15, 0.2) is 24.4 Å². The van der Waals surface area contributed by atoms with Gasteiger partial charge in [0.15, 0.2) is 5.82 Å². The summed E-state index contributed by atoms with van der Waals surface area (Å²) in [5.41, 5.74) is 7.67. The highest BCUT2D eigenvalue weighted by Gasteiger charge is 2.26. The highest BCUT2D eigenvalue weighted by Crippen LogP contribution is 2.36. The number of pyridine rings is 1. The van der Waals surface area contributed by atoms with Crippen LogP contribution in [0.2, 0.25) is 0 Å². The van der Waals surface area contributed by atoms with E-state index in [1.54, 1.807) is 6.20 Å². The first-order valence-corrected chi connectivity index (χ1v) is 7.31. The molecule has 106 valence electrons. The second kappa shape index (κ2) is 5.27. The number of hydrogen-bond acceptors (Lipinski definition) is 3. The van der Waals surface area contributed by atoms with Gasteiger partial charge in [0, 0.05) is 29.9 Å². The van der Waals surface area contributed by atoms with Crippen LogP contribution < -0.4 is 10.6 Å². The number of fused-ring (bicyclic) bond motifs is 1. The zero-order valence-electron chi connectivity index (χ0n) is 11.8. The van der Waals surface area contributed by atoms with E-state index in [4.69, 9.17) is 5.73 Å². The lowest BCUT2D eigenvalue weighted by Crippen LogP contribution is -2.34. The Morgan fingerprint density at radius 3 is 2.85 bits per heavy atom. The summed E-state index contributed by atoms with van der Waals surface area (Å²) in [7, 11) is 0. The van der Waals surface area contributed by atoms with E-state index in [2.05, 4.69) is 16.8 Å². The lowest BCUT2D eigenvalue weighted by molar-refractivity contribution is 0.581. The molecular formula is C16H20FN3. The monoisotopic (exact) mass is 273 g/mol. The smallest absolute Gasteiger partial charge is 0.150 e. The number of nitrogen functional groups attached to an aromatic ring is 1. The minimum Gasteiger partial charge on any atom is -0.398 e. The average molecular weight is 273 g/mol. The van der Waals surface area contributed by atoms with Gasteiger partial charge in [-0.05, 0) is 38.0 Å². The van der Waals surface area contributed by atoms with E-state index in [1.165, 1.54) is 18.9 Å². The molecule has 1 saturated carbocycles. The number of benzene rings is 1. The number of nitrogens with two attached hydrogens (primary N) is 1. The Kier molecular flexibility index (Phi) is 3.47. The first kappa shape index (κ1) is 13.2. The van der Waals surface area contributed by atoms with E-state index in [1.807, 2.05) is 12.1 Å². The molecule has 4 heteroatoms. The predicted molar refractivity (Wildman–Crippen MR) is 81.4 cm³/mol. The molecule has 3 rings (SSSR count). The van der Waals surface area contributed by atoms with Crippen molar-refractivity contribution in [3.05, 3.63) is 30.2 Å². The highest BCUT2D eigenvalue weighted by molar-refractivity contribution is 5.99. The molecule has 0 saturated heterocycles. The maximum absolute atomic E-state index is 14.5. The summed E-state index contributed by atoms with van der Waals surface area (Å²) in [6.45, 7) is 2.86. The molecule has 1 heterocycles. The van der Waals surface area contributed by atoms with Gasteiger partial charge in [0.25, 0.3) is 0 Å². The van der Waals surface area contributed by atoms with Crippen molar-refractivity contribution in [2.45, 2.75) is 38.6 Å². The lowest BCUT2D eigenvalue weighted by atomic mass is 10.1. The van der Waals surface area contributed by atoms with Crippen LogP contribution in [0.4, 0.5) is 15.8 Å². The minimum atomic E-state index is -0.262. The second-order valence-corrected chi connectivity index (χ2v) is 5.42. The van der Waals surface area contributed by atoms with E-state index in [0.717, 1.165) is 24.8 Å². The molecule has 1 aromatic carbocycles. The van der Waals surface area contributed by atoms with Crippen LogP contribution in [0.3, 0.4) is 0 Å². The fourth-order valence-electron chi connectivity index (χ4n) is 3.31. The van der Waals surface area contributed by atoms with Crippen LogP contribution >= 0.6 is 0 Å². The predicted octanol–water partition coefficient (Wildman–Crippen LogP) is 3.73. The third-order valence-electron chi connectivity index (χ3n) is 4.24. The summed E-state index contributed by atoms with van der Waals surface area (Å²) in [5, 5.41) is 0.834. The van der Waals surface area contributed by atoms with Crippen LogP contribution in [0.1, 0.15) is 32.6 Å². The zero-order chi connectivity index (χ0) is 14.1. The van der Waals surface area contributed by atoms with Crippen molar-refractivity contribution < 1.29 is 4.39 Å². The Bertz CT molecular complexity index is 620. The molecule has 0 aliphatic heterocycles. The molecule has 0 atom stereocenters. The van der Waals surface area contributed by atoms with Gasteiger partial charge in [-0.2, -0.15) is 0 Å². The Morgan fingerprint density at radius 1 is 1.40 bits per heavy atom. The van der Waals surface area contributed by atoms with Crippen molar-refractivity contribution in [3.8, 4) is 0 Å². The summed E-state index contributed by atoms with van der Waals surface area (Å²) in [6.07, 6.45) is 6.41. The SMILES string of the molecule is CCN(c1c(F)cc(N)c2cccnc12)C1CCCC1. The van der Waals surface area contributed by atoms with Gasteiger partial charge in [-0.1, -0.05) is 12.8 Å². The molecule has 0 spiro atoms. The van der Waals surface area contributed by atoms with Crippen molar-refractivity contribution in [1.29, 1.82) is 0 Å². The minimum absolute atomic E-state index is 0.262. The lowest BCUT2D eigenvalue weighted by Gasteiger charge is -2.31. The van der Waals surface area contributed by atoms with E-state index >= 15 is 0 Å². The van der Waals surface area contributed by atoms with E-state index in [9.17, 15) is 4.39 Å². The Balaban J connectivity index is 2.18. The fraction of sp³-hybridized carbons (Fsp3) is 0.438. The molecule has 0 amide bonds. The summed E-state index contributed by atoms with van der Waals surface area (Å²) >= 11 is 0. The van der Waals surface area contributed by atoms with E-state index in [-0.39, 0.29) is 5.82 Å². The maximum atomic E-state index is 14.5. The number of anilines is 2. The molecule has 1 aliphatic rings. The van der Waals surface area contributed by atoms with Crippen LogP contribution in [0, 0.1) is 5.82 Å². The Labute approximate surface area is 118 Å². The third kappa shape index (κ3) is 2.09. The number of hydrogen-bond donors (Lipinski definition) is 1. The molecule has 3 nitrogen and oxygen atoms in total. The van der Waals surface area contributed by atoms with Gasteiger partial charge < -0.3 is 10.6 Å². The summed E-state index contributed by atoms with van der Waals surface area (Å²) in [4.78, 5) is 6.55. The van der Waals surface area contributed by atoms with Gasteiger partial charge in [0.05, 0.1) is 5.52 Å². The van der Waals surface area contributed by atoms with Gasteiger partial charge in [-0.3, -0.25) is 4.98 Å². The topological polar surface area (TPSA) is 42.1 Å². The van der Waals surface area contributed by atoms with Crippen molar-refractivity contribution >= 4 is 22.3 Å². The molecular weight excluding hydrogens is 253 g/mol. The average Bonchev–Trinajstić information content (AvgIpc) is 2.97. The number of rotatable bonds is 3. The maximum Gasteiger partial charge on any atom is 0.150 e. The van der Waals surface area contributed by atoms with E-state index in [0.29, 0.717) is 22.9 Å². The molecule has 0 bridgehead atoms. The van der Waals surface area contributed by atoms with Gasteiger partial charge in [-0.15, -0.1) is 0 Å². The zero-order valence-corrected chi connectivity index (χ0v) is 11.8. The molecule has 1 aromatic heterocycles. The molecule has 0 radical (unpaired) electrons. The molecule has 1 fully saturated rings. The fourth-order valence-corrected chi connectivity index (χ4v) is 3.31. The standard InChI is InChI=1S/C16H20FN3/c1-2-20(11-6-3-4-7-11)16-13(17)10-14(18)12-8-5-9-19-15(12)16/h5,8-11H,2-4,6-7,18H2,1H3. The van der Waals surface area contributed by atoms with Crippen LogP contribution in [-0.2, 0) is 0 Å². The van der Waals surface area contributed by atoms with Crippen LogP contribution in [-0.4, -0.2) is 17.6 Å². The molecule has 0 unspecified atom stereocenters. The Morgan fingerprint density at radius 2 is 2.15 bits per heavy atom.